The monoisotopic (exact) mass is 490 g/mol. The minimum absolute atomic E-state index is 0.100. The zero-order chi connectivity index (χ0) is 25.9. The lowest BCUT2D eigenvalue weighted by Gasteiger charge is -2.11. The molecule has 0 saturated carbocycles. The highest BCUT2D eigenvalue weighted by Crippen LogP contribution is 2.28. The summed E-state index contributed by atoms with van der Waals surface area (Å²) in [6, 6.07) is 19.3. The summed E-state index contributed by atoms with van der Waals surface area (Å²) in [6.45, 7) is 4.08. The number of methoxy groups -OCH3 is 1. The first-order chi connectivity index (χ1) is 17.4. The number of rotatable bonds is 11. The van der Waals surface area contributed by atoms with Gasteiger partial charge in [-0.15, -0.1) is 0 Å². The van der Waals surface area contributed by atoms with E-state index >= 15 is 0 Å². The van der Waals surface area contributed by atoms with Crippen molar-refractivity contribution in [2.45, 2.75) is 33.2 Å². The number of benzene rings is 3. The molecule has 0 spiro atoms. The molecule has 3 aromatic rings. The molecular formula is C28H30N2O6. The third kappa shape index (κ3) is 7.87. The van der Waals surface area contributed by atoms with E-state index in [1.165, 1.54) is 13.0 Å². The van der Waals surface area contributed by atoms with Crippen LogP contribution in [0.2, 0.25) is 0 Å². The van der Waals surface area contributed by atoms with Crippen LogP contribution in [0, 0.1) is 0 Å². The third-order valence-corrected chi connectivity index (χ3v) is 5.22. The molecule has 3 rings (SSSR count). The molecule has 0 fully saturated rings. The minimum Gasteiger partial charge on any atom is -0.493 e. The summed E-state index contributed by atoms with van der Waals surface area (Å²) in [4.78, 5) is 35.9. The van der Waals surface area contributed by atoms with Gasteiger partial charge in [-0.25, -0.2) is 0 Å². The Morgan fingerprint density at radius 3 is 2.33 bits per heavy atom. The molecule has 2 amide bonds. The van der Waals surface area contributed by atoms with Gasteiger partial charge in [0.1, 0.15) is 5.75 Å². The smallest absolute Gasteiger partial charge is 0.308 e. The maximum absolute atomic E-state index is 12.4. The summed E-state index contributed by atoms with van der Waals surface area (Å²) in [7, 11) is 1.59. The van der Waals surface area contributed by atoms with Gasteiger partial charge in [0.15, 0.2) is 11.5 Å². The Balaban J connectivity index is 1.47. The van der Waals surface area contributed by atoms with Crippen molar-refractivity contribution in [1.82, 2.24) is 5.32 Å². The molecule has 0 radical (unpaired) electrons. The molecule has 36 heavy (non-hydrogen) atoms. The van der Waals surface area contributed by atoms with Gasteiger partial charge in [0.25, 0.3) is 5.91 Å². The maximum Gasteiger partial charge on any atom is 0.308 e. The van der Waals surface area contributed by atoms with Crippen LogP contribution < -0.4 is 24.8 Å². The summed E-state index contributed by atoms with van der Waals surface area (Å²) in [6.07, 6.45) is 0.888. The molecule has 8 heteroatoms. The quantitative estimate of drug-likeness (QED) is 0.303. The van der Waals surface area contributed by atoms with Crippen LogP contribution in [0.5, 0.6) is 17.2 Å². The molecule has 0 unspecified atom stereocenters. The van der Waals surface area contributed by atoms with Crippen LogP contribution in [-0.2, 0) is 22.6 Å². The second-order valence-electron chi connectivity index (χ2n) is 7.97. The van der Waals surface area contributed by atoms with Gasteiger partial charge >= 0.3 is 5.97 Å². The fourth-order valence-corrected chi connectivity index (χ4v) is 3.48. The highest BCUT2D eigenvalue weighted by molar-refractivity contribution is 5.94. The van der Waals surface area contributed by atoms with Crippen molar-refractivity contribution >= 4 is 23.5 Å². The van der Waals surface area contributed by atoms with Crippen LogP contribution in [-0.4, -0.2) is 31.5 Å². The van der Waals surface area contributed by atoms with Gasteiger partial charge in [-0.3, -0.25) is 14.4 Å². The van der Waals surface area contributed by atoms with Crippen molar-refractivity contribution < 1.29 is 28.6 Å². The molecule has 0 bridgehead atoms. The van der Waals surface area contributed by atoms with Crippen LogP contribution in [0.1, 0.15) is 41.8 Å². The number of anilines is 1. The maximum atomic E-state index is 12.4. The summed E-state index contributed by atoms with van der Waals surface area (Å²) in [5, 5.41) is 5.72. The molecule has 3 aromatic carbocycles. The van der Waals surface area contributed by atoms with E-state index in [0.29, 0.717) is 54.5 Å². The lowest BCUT2D eigenvalue weighted by Crippen LogP contribution is -2.22. The van der Waals surface area contributed by atoms with E-state index in [9.17, 15) is 14.4 Å². The number of ether oxygens (including phenoxy) is 3. The van der Waals surface area contributed by atoms with Crippen LogP contribution in [0.3, 0.4) is 0 Å². The number of carbonyl (C=O) groups excluding carboxylic acids is 3. The first kappa shape index (κ1) is 26.3. The van der Waals surface area contributed by atoms with E-state index in [-0.39, 0.29) is 11.8 Å². The summed E-state index contributed by atoms with van der Waals surface area (Å²) in [5.74, 6) is 0.812. The second-order valence-corrected chi connectivity index (χ2v) is 7.97. The van der Waals surface area contributed by atoms with Crippen molar-refractivity contribution in [2.24, 2.45) is 0 Å². The van der Waals surface area contributed by atoms with Crippen molar-refractivity contribution in [1.29, 1.82) is 0 Å². The summed E-state index contributed by atoms with van der Waals surface area (Å²) in [5.41, 5.74) is 2.92. The number of esters is 1. The Kier molecular flexibility index (Phi) is 9.45. The molecule has 0 aliphatic carbocycles. The zero-order valence-corrected chi connectivity index (χ0v) is 20.6. The van der Waals surface area contributed by atoms with Crippen LogP contribution in [0.4, 0.5) is 5.69 Å². The Morgan fingerprint density at radius 1 is 0.889 bits per heavy atom. The Hall–Kier alpha value is -4.33. The number of carbonyl (C=O) groups is 3. The fraction of sp³-hybridized carbons (Fsp3) is 0.250. The number of nitrogens with one attached hydrogen (secondary N) is 2. The fourth-order valence-electron chi connectivity index (χ4n) is 3.48. The predicted octanol–water partition coefficient (Wildman–Crippen LogP) is 4.52. The van der Waals surface area contributed by atoms with E-state index in [2.05, 4.69) is 10.6 Å². The molecule has 0 aromatic heterocycles. The number of amides is 2. The zero-order valence-electron chi connectivity index (χ0n) is 20.6. The molecule has 2 N–H and O–H groups in total. The van der Waals surface area contributed by atoms with Crippen LogP contribution in [0.15, 0.2) is 66.7 Å². The van der Waals surface area contributed by atoms with Gasteiger partial charge in [-0.1, -0.05) is 24.3 Å². The molecule has 0 aliphatic rings. The van der Waals surface area contributed by atoms with E-state index in [4.69, 9.17) is 14.2 Å². The largest absolute Gasteiger partial charge is 0.493 e. The lowest BCUT2D eigenvalue weighted by atomic mass is 10.1. The Labute approximate surface area is 210 Å². The minimum atomic E-state index is -0.448. The molecule has 8 nitrogen and oxygen atoms in total. The van der Waals surface area contributed by atoms with Crippen LogP contribution >= 0.6 is 0 Å². The lowest BCUT2D eigenvalue weighted by molar-refractivity contribution is -0.131. The highest BCUT2D eigenvalue weighted by Gasteiger charge is 2.10. The standard InChI is InChI=1S/C28H30N2O6/c1-4-35-25-14-10-20(16-26(25)34-3)11-15-27(32)30-23-12-8-21(9-13-23)18-29-28(33)22-6-5-7-24(17-22)36-19(2)31/h5-10,12-14,16-17H,4,11,15,18H2,1-3H3,(H,29,33)(H,30,32). The normalized spacial score (nSPS) is 10.3. The van der Waals surface area contributed by atoms with E-state index in [1.807, 2.05) is 37.3 Å². The van der Waals surface area contributed by atoms with Gasteiger partial charge in [-0.2, -0.15) is 0 Å². The molecular weight excluding hydrogens is 460 g/mol. The highest BCUT2D eigenvalue weighted by atomic mass is 16.5. The SMILES string of the molecule is CCOc1ccc(CCC(=O)Nc2ccc(CNC(=O)c3cccc(OC(C)=O)c3)cc2)cc1OC. The number of aryl methyl sites for hydroxylation is 1. The van der Waals surface area contributed by atoms with Crippen molar-refractivity contribution in [3.63, 3.8) is 0 Å². The van der Waals surface area contributed by atoms with Gasteiger partial charge in [0.2, 0.25) is 5.91 Å². The van der Waals surface area contributed by atoms with Crippen molar-refractivity contribution in [3.8, 4) is 17.2 Å². The van der Waals surface area contributed by atoms with Gasteiger partial charge in [-0.05, 0) is 66.9 Å². The van der Waals surface area contributed by atoms with E-state index in [1.54, 1.807) is 37.4 Å². The summed E-state index contributed by atoms with van der Waals surface area (Å²) < 4.78 is 15.9. The Bertz CT molecular complexity index is 1210. The average molecular weight is 491 g/mol. The van der Waals surface area contributed by atoms with E-state index < -0.39 is 5.97 Å². The number of hydrogen-bond donors (Lipinski definition) is 2. The average Bonchev–Trinajstić information content (AvgIpc) is 2.87. The predicted molar refractivity (Wildman–Crippen MR) is 136 cm³/mol. The van der Waals surface area contributed by atoms with Gasteiger partial charge in [0, 0.05) is 31.1 Å². The van der Waals surface area contributed by atoms with E-state index in [0.717, 1.165) is 11.1 Å². The number of hydrogen-bond acceptors (Lipinski definition) is 6. The molecule has 0 aliphatic heterocycles. The van der Waals surface area contributed by atoms with Gasteiger partial charge in [0.05, 0.1) is 13.7 Å². The van der Waals surface area contributed by atoms with Gasteiger partial charge < -0.3 is 24.8 Å². The topological polar surface area (TPSA) is 103 Å². The third-order valence-electron chi connectivity index (χ3n) is 5.22. The molecule has 0 saturated heterocycles. The van der Waals surface area contributed by atoms with Crippen LogP contribution in [0.25, 0.3) is 0 Å². The first-order valence-corrected chi connectivity index (χ1v) is 11.6. The van der Waals surface area contributed by atoms with Crippen molar-refractivity contribution in [2.75, 3.05) is 19.0 Å². The van der Waals surface area contributed by atoms with Crippen molar-refractivity contribution in [3.05, 3.63) is 83.4 Å². The molecule has 0 atom stereocenters. The molecule has 188 valence electrons. The first-order valence-electron chi connectivity index (χ1n) is 11.6. The summed E-state index contributed by atoms with van der Waals surface area (Å²) >= 11 is 0. The second kappa shape index (κ2) is 12.9. The Morgan fingerprint density at radius 2 is 1.64 bits per heavy atom. The molecule has 0 heterocycles.